The van der Waals surface area contributed by atoms with Crippen LogP contribution in [0.25, 0.3) is 11.3 Å². The summed E-state index contributed by atoms with van der Waals surface area (Å²) < 4.78 is 10.8. The smallest absolute Gasteiger partial charge is 0.242 e. The molecule has 37 heavy (non-hydrogen) atoms. The van der Waals surface area contributed by atoms with E-state index in [4.69, 9.17) is 9.47 Å². The fraction of sp³-hybridized carbons (Fsp3) is 0.571. The van der Waals surface area contributed by atoms with Crippen LogP contribution in [0.15, 0.2) is 30.3 Å². The largest absolute Gasteiger partial charge is 0.497 e. The molecule has 0 spiro atoms. The number of carbonyl (C=O) groups excluding carboxylic acids is 2. The molecule has 1 aromatic heterocycles. The van der Waals surface area contributed by atoms with Gasteiger partial charge in [0.2, 0.25) is 11.8 Å². The molecular weight excluding hydrogens is 470 g/mol. The van der Waals surface area contributed by atoms with E-state index in [1.807, 2.05) is 49.1 Å². The van der Waals surface area contributed by atoms with Gasteiger partial charge in [-0.05, 0) is 42.5 Å². The summed E-state index contributed by atoms with van der Waals surface area (Å²) in [7, 11) is 3.23. The van der Waals surface area contributed by atoms with Crippen LogP contribution in [0.1, 0.15) is 40.5 Å². The third-order valence-corrected chi connectivity index (χ3v) is 6.53. The van der Waals surface area contributed by atoms with E-state index in [2.05, 4.69) is 28.9 Å². The molecule has 2 aromatic rings. The van der Waals surface area contributed by atoms with E-state index in [-0.39, 0.29) is 24.3 Å². The van der Waals surface area contributed by atoms with Crippen molar-refractivity contribution in [3.8, 4) is 22.8 Å². The van der Waals surface area contributed by atoms with Gasteiger partial charge in [-0.1, -0.05) is 27.7 Å². The highest BCUT2D eigenvalue weighted by atomic mass is 16.5. The molecule has 9 nitrogen and oxygen atoms in total. The number of nitrogens with zero attached hydrogens (tertiary/aromatic N) is 5. The fourth-order valence-corrected chi connectivity index (χ4v) is 4.28. The van der Waals surface area contributed by atoms with Crippen molar-refractivity contribution in [3.63, 3.8) is 0 Å². The maximum absolute atomic E-state index is 13.1. The van der Waals surface area contributed by atoms with Crippen molar-refractivity contribution in [3.05, 3.63) is 30.3 Å². The lowest BCUT2D eigenvalue weighted by Gasteiger charge is -2.36. The van der Waals surface area contributed by atoms with Gasteiger partial charge in [0.05, 0.1) is 26.5 Å². The van der Waals surface area contributed by atoms with Crippen molar-refractivity contribution in [1.29, 1.82) is 0 Å². The van der Waals surface area contributed by atoms with Crippen molar-refractivity contribution < 1.29 is 19.1 Å². The number of piperazine rings is 1. The van der Waals surface area contributed by atoms with E-state index in [1.165, 1.54) is 0 Å². The molecule has 1 aliphatic rings. The van der Waals surface area contributed by atoms with E-state index in [0.29, 0.717) is 62.3 Å². The number of hydrogen-bond donors (Lipinski definition) is 0. The monoisotopic (exact) mass is 511 g/mol. The Morgan fingerprint density at radius 3 is 2.24 bits per heavy atom. The van der Waals surface area contributed by atoms with Crippen LogP contribution in [0.2, 0.25) is 0 Å². The summed E-state index contributed by atoms with van der Waals surface area (Å²) in [5.41, 5.74) is 1.55. The van der Waals surface area contributed by atoms with Gasteiger partial charge in [-0.25, -0.2) is 0 Å². The molecule has 2 heterocycles. The Labute approximate surface area is 220 Å². The third-order valence-electron chi connectivity index (χ3n) is 6.53. The number of benzene rings is 1. The minimum atomic E-state index is 0.00791. The number of hydrogen-bond acceptors (Lipinski definition) is 7. The predicted octanol–water partition coefficient (Wildman–Crippen LogP) is 3.73. The molecule has 1 fully saturated rings. The first-order valence-electron chi connectivity index (χ1n) is 13.1. The number of methoxy groups -OCH3 is 2. The van der Waals surface area contributed by atoms with Gasteiger partial charge in [0.15, 0.2) is 5.82 Å². The molecule has 1 aliphatic heterocycles. The summed E-state index contributed by atoms with van der Waals surface area (Å²) in [6.07, 6.45) is 1.36. The summed E-state index contributed by atoms with van der Waals surface area (Å²) in [5, 5.41) is 8.86. The summed E-state index contributed by atoms with van der Waals surface area (Å²) in [6, 6.07) is 9.46. The second-order valence-corrected chi connectivity index (χ2v) is 10.3. The zero-order chi connectivity index (χ0) is 26.9. The Balaban J connectivity index is 1.59. The Morgan fingerprint density at radius 2 is 1.68 bits per heavy atom. The van der Waals surface area contributed by atoms with Gasteiger partial charge in [0, 0.05) is 50.8 Å². The second-order valence-electron chi connectivity index (χ2n) is 10.3. The molecule has 2 amide bonds. The third kappa shape index (κ3) is 7.81. The Bertz CT molecular complexity index is 1030. The zero-order valence-electron chi connectivity index (χ0n) is 23.1. The van der Waals surface area contributed by atoms with E-state index >= 15 is 0 Å². The Morgan fingerprint density at radius 1 is 0.946 bits per heavy atom. The fourth-order valence-electron chi connectivity index (χ4n) is 4.28. The van der Waals surface area contributed by atoms with E-state index in [1.54, 1.807) is 19.1 Å². The van der Waals surface area contributed by atoms with Crippen molar-refractivity contribution in [2.24, 2.45) is 11.8 Å². The van der Waals surface area contributed by atoms with E-state index in [9.17, 15) is 9.59 Å². The predicted molar refractivity (Wildman–Crippen MR) is 145 cm³/mol. The van der Waals surface area contributed by atoms with Gasteiger partial charge in [0.1, 0.15) is 11.5 Å². The molecule has 0 radical (unpaired) electrons. The average molecular weight is 512 g/mol. The molecular formula is C28H41N5O4. The van der Waals surface area contributed by atoms with Gasteiger partial charge in [-0.2, -0.15) is 0 Å². The first-order chi connectivity index (χ1) is 17.7. The molecule has 9 heteroatoms. The SMILES string of the molecule is COc1ccc(-c2ccc(N3CCN(C(=O)CN(CCC(C)C)C(=O)CC(C)C)CC3)nn2)c(OC)c1. The summed E-state index contributed by atoms with van der Waals surface area (Å²) >= 11 is 0. The molecule has 0 unspecified atom stereocenters. The molecule has 0 N–H and O–H groups in total. The first-order valence-corrected chi connectivity index (χ1v) is 13.1. The maximum Gasteiger partial charge on any atom is 0.242 e. The standard InChI is InChI=1S/C28H41N5O4/c1-20(2)11-12-33(27(34)17-21(3)4)19-28(35)32-15-13-31(14-16-32)26-10-9-24(29-30-26)23-8-7-22(36-5)18-25(23)37-6/h7-10,18,20-21H,11-17,19H2,1-6H3. The maximum atomic E-state index is 13.1. The Kier molecular flexibility index (Phi) is 10.1. The van der Waals surface area contributed by atoms with Crippen molar-refractivity contribution in [1.82, 2.24) is 20.0 Å². The van der Waals surface area contributed by atoms with Crippen LogP contribution < -0.4 is 14.4 Å². The van der Waals surface area contributed by atoms with Gasteiger partial charge >= 0.3 is 0 Å². The first kappa shape index (κ1) is 28.2. The van der Waals surface area contributed by atoms with Crippen LogP contribution in [0.5, 0.6) is 11.5 Å². The van der Waals surface area contributed by atoms with Crippen LogP contribution in [0, 0.1) is 11.8 Å². The van der Waals surface area contributed by atoms with Gasteiger partial charge in [-0.3, -0.25) is 9.59 Å². The van der Waals surface area contributed by atoms with Crippen molar-refractivity contribution in [2.45, 2.75) is 40.5 Å². The van der Waals surface area contributed by atoms with E-state index in [0.717, 1.165) is 17.8 Å². The second kappa shape index (κ2) is 13.3. The lowest BCUT2D eigenvalue weighted by molar-refractivity contribution is -0.141. The highest BCUT2D eigenvalue weighted by Crippen LogP contribution is 2.32. The van der Waals surface area contributed by atoms with Crippen LogP contribution in [0.4, 0.5) is 5.82 Å². The van der Waals surface area contributed by atoms with Crippen LogP contribution in [0.3, 0.4) is 0 Å². The normalized spacial score (nSPS) is 13.7. The quantitative estimate of drug-likeness (QED) is 0.454. The number of aromatic nitrogens is 2. The molecule has 0 aliphatic carbocycles. The number of rotatable bonds is 11. The lowest BCUT2D eigenvalue weighted by Crippen LogP contribution is -2.52. The van der Waals surface area contributed by atoms with Crippen LogP contribution in [-0.4, -0.2) is 85.3 Å². The molecule has 0 bridgehead atoms. The highest BCUT2D eigenvalue weighted by molar-refractivity contribution is 5.85. The molecule has 0 saturated carbocycles. The summed E-state index contributed by atoms with van der Waals surface area (Å²) in [6.45, 7) is 11.6. The van der Waals surface area contributed by atoms with Crippen LogP contribution in [-0.2, 0) is 9.59 Å². The number of ether oxygens (including phenoxy) is 2. The average Bonchev–Trinajstić information content (AvgIpc) is 2.90. The topological polar surface area (TPSA) is 88.1 Å². The van der Waals surface area contributed by atoms with E-state index < -0.39 is 0 Å². The van der Waals surface area contributed by atoms with Gasteiger partial charge in [-0.15, -0.1) is 10.2 Å². The molecule has 0 atom stereocenters. The Hall–Kier alpha value is -3.36. The molecule has 1 saturated heterocycles. The lowest BCUT2D eigenvalue weighted by atomic mass is 10.1. The molecule has 1 aromatic carbocycles. The number of carbonyl (C=O) groups is 2. The number of amides is 2. The summed E-state index contributed by atoms with van der Waals surface area (Å²) in [4.78, 5) is 31.5. The molecule has 3 rings (SSSR count). The minimum Gasteiger partial charge on any atom is -0.497 e. The van der Waals surface area contributed by atoms with Crippen molar-refractivity contribution in [2.75, 3.05) is 58.4 Å². The van der Waals surface area contributed by atoms with Gasteiger partial charge < -0.3 is 24.2 Å². The van der Waals surface area contributed by atoms with Crippen molar-refractivity contribution >= 4 is 17.6 Å². The minimum absolute atomic E-state index is 0.00791. The van der Waals surface area contributed by atoms with Crippen LogP contribution >= 0.6 is 0 Å². The molecule has 202 valence electrons. The number of anilines is 1. The zero-order valence-corrected chi connectivity index (χ0v) is 23.1. The summed E-state index contributed by atoms with van der Waals surface area (Å²) in [5.74, 6) is 2.97. The van der Waals surface area contributed by atoms with Gasteiger partial charge in [0.25, 0.3) is 0 Å². The highest BCUT2D eigenvalue weighted by Gasteiger charge is 2.26.